The Kier molecular flexibility index (Phi) is 3.96. The van der Waals surface area contributed by atoms with Gasteiger partial charge in [0.15, 0.2) is 9.84 Å². The van der Waals surface area contributed by atoms with Crippen molar-refractivity contribution < 1.29 is 13.2 Å². The van der Waals surface area contributed by atoms with Gasteiger partial charge in [-0.3, -0.25) is 4.79 Å². The molecule has 0 N–H and O–H groups in total. The first-order valence-corrected chi connectivity index (χ1v) is 9.68. The SMILES string of the molecule is CCn1cc(C(=O)N2CCS(=O)(=O)C(C)C2C)c2ccccc21. The molecule has 2 atom stereocenters. The van der Waals surface area contributed by atoms with E-state index >= 15 is 0 Å². The van der Waals surface area contributed by atoms with Crippen LogP contribution in [-0.2, 0) is 16.4 Å². The lowest BCUT2D eigenvalue weighted by atomic mass is 10.1. The summed E-state index contributed by atoms with van der Waals surface area (Å²) in [5, 5.41) is 0.396. The van der Waals surface area contributed by atoms with Crippen molar-refractivity contribution in [3.63, 3.8) is 0 Å². The standard InChI is InChI=1S/C17H22N2O3S/c1-4-18-11-15(14-7-5-6-8-16(14)18)17(20)19-9-10-23(21,22)13(3)12(19)2/h5-8,11-13H,4,9-10H2,1-3H3. The van der Waals surface area contributed by atoms with E-state index in [0.29, 0.717) is 5.56 Å². The highest BCUT2D eigenvalue weighted by Crippen LogP contribution is 2.26. The number of hydrogen-bond donors (Lipinski definition) is 0. The Balaban J connectivity index is 2.01. The number of amides is 1. The Hall–Kier alpha value is -1.82. The third-order valence-corrected chi connectivity index (χ3v) is 7.25. The lowest BCUT2D eigenvalue weighted by Gasteiger charge is -2.37. The zero-order chi connectivity index (χ0) is 16.8. The van der Waals surface area contributed by atoms with Crippen LogP contribution in [-0.4, -0.2) is 47.4 Å². The maximum absolute atomic E-state index is 13.0. The molecule has 1 aromatic carbocycles. The highest BCUT2D eigenvalue weighted by molar-refractivity contribution is 7.92. The molecule has 23 heavy (non-hydrogen) atoms. The summed E-state index contributed by atoms with van der Waals surface area (Å²) in [6, 6.07) is 7.52. The van der Waals surface area contributed by atoms with Crippen molar-refractivity contribution in [2.24, 2.45) is 0 Å². The average molecular weight is 334 g/mol. The van der Waals surface area contributed by atoms with E-state index in [-0.39, 0.29) is 24.2 Å². The molecule has 1 amide bonds. The van der Waals surface area contributed by atoms with E-state index in [1.54, 1.807) is 11.8 Å². The fourth-order valence-corrected chi connectivity index (χ4v) is 4.86. The molecule has 0 saturated carbocycles. The summed E-state index contributed by atoms with van der Waals surface area (Å²) in [5.41, 5.74) is 1.68. The second-order valence-electron chi connectivity index (χ2n) is 6.16. The Labute approximate surface area is 136 Å². The molecule has 5 nitrogen and oxygen atoms in total. The third kappa shape index (κ3) is 2.55. The Morgan fingerprint density at radius 3 is 2.65 bits per heavy atom. The smallest absolute Gasteiger partial charge is 0.256 e. The van der Waals surface area contributed by atoms with Gasteiger partial charge in [-0.2, -0.15) is 0 Å². The number of aryl methyl sites for hydroxylation is 1. The van der Waals surface area contributed by atoms with Gasteiger partial charge in [-0.1, -0.05) is 18.2 Å². The summed E-state index contributed by atoms with van der Waals surface area (Å²) >= 11 is 0. The van der Waals surface area contributed by atoms with Crippen LogP contribution < -0.4 is 0 Å². The summed E-state index contributed by atoms with van der Waals surface area (Å²) in [5.74, 6) is -0.0425. The molecule has 124 valence electrons. The molecular weight excluding hydrogens is 312 g/mol. The number of carbonyl (C=O) groups excluding carboxylic acids is 1. The number of sulfone groups is 1. The van der Waals surface area contributed by atoms with Gasteiger partial charge in [-0.25, -0.2) is 8.42 Å². The summed E-state index contributed by atoms with van der Waals surface area (Å²) in [6.07, 6.45) is 1.88. The van der Waals surface area contributed by atoms with Gasteiger partial charge >= 0.3 is 0 Å². The number of benzene rings is 1. The normalized spacial score (nSPS) is 24.0. The van der Waals surface area contributed by atoms with Crippen molar-refractivity contribution in [2.75, 3.05) is 12.3 Å². The minimum absolute atomic E-state index is 0.0384. The van der Waals surface area contributed by atoms with Gasteiger partial charge in [0.05, 0.1) is 16.6 Å². The minimum Gasteiger partial charge on any atom is -0.347 e. The maximum atomic E-state index is 13.0. The molecule has 1 saturated heterocycles. The van der Waals surface area contributed by atoms with E-state index in [4.69, 9.17) is 0 Å². The Morgan fingerprint density at radius 2 is 1.96 bits per heavy atom. The first-order chi connectivity index (χ1) is 10.9. The van der Waals surface area contributed by atoms with Crippen LogP contribution in [0.5, 0.6) is 0 Å². The van der Waals surface area contributed by atoms with Crippen LogP contribution in [0.15, 0.2) is 30.5 Å². The van der Waals surface area contributed by atoms with Gasteiger partial charge in [-0.05, 0) is 26.8 Å². The molecule has 1 fully saturated rings. The van der Waals surface area contributed by atoms with Crippen LogP contribution in [0, 0.1) is 0 Å². The van der Waals surface area contributed by atoms with E-state index < -0.39 is 15.1 Å². The van der Waals surface area contributed by atoms with Gasteiger partial charge in [0.2, 0.25) is 0 Å². The van der Waals surface area contributed by atoms with Gasteiger partial charge in [0.1, 0.15) is 0 Å². The van der Waals surface area contributed by atoms with Crippen molar-refractivity contribution in [3.05, 3.63) is 36.0 Å². The summed E-state index contributed by atoms with van der Waals surface area (Å²) in [6.45, 7) is 6.60. The largest absolute Gasteiger partial charge is 0.347 e. The molecule has 0 bridgehead atoms. The fraction of sp³-hybridized carbons (Fsp3) is 0.471. The number of aromatic nitrogens is 1. The van der Waals surface area contributed by atoms with Crippen LogP contribution >= 0.6 is 0 Å². The average Bonchev–Trinajstić information content (AvgIpc) is 2.91. The highest BCUT2D eigenvalue weighted by Gasteiger charge is 2.38. The Bertz CT molecular complexity index is 854. The number of carbonyl (C=O) groups is 1. The van der Waals surface area contributed by atoms with Crippen LogP contribution in [0.1, 0.15) is 31.1 Å². The van der Waals surface area contributed by atoms with Gasteiger partial charge in [0, 0.05) is 36.2 Å². The zero-order valence-electron chi connectivity index (χ0n) is 13.7. The topological polar surface area (TPSA) is 59.4 Å². The highest BCUT2D eigenvalue weighted by atomic mass is 32.2. The summed E-state index contributed by atoms with van der Waals surface area (Å²) in [4.78, 5) is 14.7. The van der Waals surface area contributed by atoms with E-state index in [9.17, 15) is 13.2 Å². The maximum Gasteiger partial charge on any atom is 0.256 e. The first-order valence-electron chi connectivity index (χ1n) is 7.97. The van der Waals surface area contributed by atoms with Crippen molar-refractivity contribution >= 4 is 26.6 Å². The van der Waals surface area contributed by atoms with E-state index in [1.165, 1.54) is 0 Å². The number of hydrogen-bond acceptors (Lipinski definition) is 3. The van der Waals surface area contributed by atoms with E-state index in [0.717, 1.165) is 17.4 Å². The van der Waals surface area contributed by atoms with E-state index in [1.807, 2.05) is 44.3 Å². The Morgan fingerprint density at radius 1 is 1.26 bits per heavy atom. The van der Waals surface area contributed by atoms with Gasteiger partial charge < -0.3 is 9.47 Å². The van der Waals surface area contributed by atoms with Gasteiger partial charge in [0.25, 0.3) is 5.91 Å². The molecule has 2 aromatic rings. The molecule has 2 heterocycles. The molecule has 1 aliphatic rings. The lowest BCUT2D eigenvalue weighted by Crippen LogP contribution is -2.54. The van der Waals surface area contributed by atoms with Crippen LogP contribution in [0.2, 0.25) is 0 Å². The predicted molar refractivity (Wildman–Crippen MR) is 91.4 cm³/mol. The first kappa shape index (κ1) is 16.1. The molecule has 1 aliphatic heterocycles. The zero-order valence-corrected chi connectivity index (χ0v) is 14.5. The lowest BCUT2D eigenvalue weighted by molar-refractivity contribution is 0.0695. The molecular formula is C17H22N2O3S. The monoisotopic (exact) mass is 334 g/mol. The van der Waals surface area contributed by atoms with Crippen molar-refractivity contribution in [1.82, 2.24) is 9.47 Å². The summed E-state index contributed by atoms with van der Waals surface area (Å²) in [7, 11) is -3.10. The number of rotatable bonds is 2. The second kappa shape index (κ2) is 5.67. The van der Waals surface area contributed by atoms with Crippen LogP contribution in [0.3, 0.4) is 0 Å². The fourth-order valence-electron chi connectivity index (χ4n) is 3.29. The molecule has 1 aromatic heterocycles. The molecule has 2 unspecified atom stereocenters. The minimum atomic E-state index is -3.10. The molecule has 0 aliphatic carbocycles. The third-order valence-electron chi connectivity index (χ3n) is 4.97. The molecule has 0 spiro atoms. The van der Waals surface area contributed by atoms with Crippen molar-refractivity contribution in [3.8, 4) is 0 Å². The van der Waals surface area contributed by atoms with E-state index in [2.05, 4.69) is 4.57 Å². The predicted octanol–water partition coefficient (Wildman–Crippen LogP) is 2.31. The van der Waals surface area contributed by atoms with Crippen molar-refractivity contribution in [1.29, 1.82) is 0 Å². The number of nitrogens with zero attached hydrogens (tertiary/aromatic N) is 2. The summed E-state index contributed by atoms with van der Waals surface area (Å²) < 4.78 is 26.1. The van der Waals surface area contributed by atoms with Crippen LogP contribution in [0.4, 0.5) is 0 Å². The van der Waals surface area contributed by atoms with Crippen molar-refractivity contribution in [2.45, 2.75) is 38.6 Å². The quantitative estimate of drug-likeness (QED) is 0.847. The number of fused-ring (bicyclic) bond motifs is 1. The second-order valence-corrected chi connectivity index (χ2v) is 8.63. The van der Waals surface area contributed by atoms with Crippen LogP contribution in [0.25, 0.3) is 10.9 Å². The molecule has 3 rings (SSSR count). The number of para-hydroxylation sites is 1. The molecule has 0 radical (unpaired) electrons. The van der Waals surface area contributed by atoms with Gasteiger partial charge in [-0.15, -0.1) is 0 Å². The molecule has 6 heteroatoms.